The van der Waals surface area contributed by atoms with Gasteiger partial charge in [0.1, 0.15) is 29.1 Å². The molecule has 1 fully saturated rings. The van der Waals surface area contributed by atoms with E-state index in [2.05, 4.69) is 26.2 Å². The molecule has 166 valence electrons. The van der Waals surface area contributed by atoms with Crippen LogP contribution in [0.5, 0.6) is 5.75 Å². The number of nitrogens with zero attached hydrogens (tertiary/aromatic N) is 2. The summed E-state index contributed by atoms with van der Waals surface area (Å²) in [6, 6.07) is 17.7. The van der Waals surface area contributed by atoms with E-state index in [0.717, 1.165) is 5.69 Å². The second-order valence-corrected chi connectivity index (χ2v) is 9.19. The largest absolute Gasteiger partial charge is 0.506 e. The van der Waals surface area contributed by atoms with E-state index >= 15 is 0 Å². The molecule has 1 aliphatic heterocycles. The van der Waals surface area contributed by atoms with Gasteiger partial charge in [0.2, 0.25) is 0 Å². The lowest BCUT2D eigenvalue weighted by molar-refractivity contribution is 0.433. The molecule has 0 unspecified atom stereocenters. The summed E-state index contributed by atoms with van der Waals surface area (Å²) in [5, 5.41) is 14.7. The maximum absolute atomic E-state index is 14.6. The fraction of sp³-hybridized carbons (Fsp3) is 0.0833. The summed E-state index contributed by atoms with van der Waals surface area (Å²) in [6.45, 7) is 0. The molecule has 1 aliphatic rings. The first-order valence-electron chi connectivity index (χ1n) is 9.96. The minimum atomic E-state index is -0.510. The Labute approximate surface area is 208 Å². The third-order valence-electron chi connectivity index (χ3n) is 5.41. The second kappa shape index (κ2) is 8.78. The van der Waals surface area contributed by atoms with Gasteiger partial charge < -0.3 is 19.7 Å². The molecule has 0 amide bonds. The van der Waals surface area contributed by atoms with Gasteiger partial charge >= 0.3 is 0 Å². The van der Waals surface area contributed by atoms with Crippen molar-refractivity contribution in [1.82, 2.24) is 10.3 Å². The Balaban J connectivity index is 1.63. The van der Waals surface area contributed by atoms with Crippen LogP contribution in [0.3, 0.4) is 0 Å². The molecule has 2 aromatic carbocycles. The zero-order valence-corrected chi connectivity index (χ0v) is 20.0. The Bertz CT molecular complexity index is 1350. The Morgan fingerprint density at radius 1 is 1.12 bits per heavy atom. The molecule has 0 aliphatic carbocycles. The molecule has 2 atom stereocenters. The summed E-state index contributed by atoms with van der Waals surface area (Å²) in [5.74, 6) is 0.509. The number of rotatable bonds is 4. The van der Waals surface area contributed by atoms with Gasteiger partial charge in [-0.1, -0.05) is 33.6 Å². The number of halogens is 3. The van der Waals surface area contributed by atoms with Crippen molar-refractivity contribution >= 4 is 50.5 Å². The van der Waals surface area contributed by atoms with Gasteiger partial charge in [-0.25, -0.2) is 4.39 Å². The third kappa shape index (κ3) is 4.10. The smallest absolute Gasteiger partial charge is 0.174 e. The van der Waals surface area contributed by atoms with E-state index in [1.165, 1.54) is 12.1 Å². The molecule has 9 heteroatoms. The summed E-state index contributed by atoms with van der Waals surface area (Å²) in [5.41, 5.74) is 1.50. The van der Waals surface area contributed by atoms with Gasteiger partial charge in [0.05, 0.1) is 23.0 Å². The van der Waals surface area contributed by atoms with Crippen molar-refractivity contribution in [2.24, 2.45) is 0 Å². The van der Waals surface area contributed by atoms with Gasteiger partial charge in [-0.2, -0.15) is 0 Å². The number of thiocarbonyl (C=S) groups is 1. The first-order chi connectivity index (χ1) is 15.9. The highest BCUT2D eigenvalue weighted by Crippen LogP contribution is 2.46. The summed E-state index contributed by atoms with van der Waals surface area (Å²) in [7, 11) is 0. The Kier molecular flexibility index (Phi) is 5.82. The molecule has 0 spiro atoms. The highest BCUT2D eigenvalue weighted by atomic mass is 79.9. The number of anilines is 1. The summed E-state index contributed by atoms with van der Waals surface area (Å²) < 4.78 is 21.4. The number of furan rings is 1. The zero-order valence-electron chi connectivity index (χ0n) is 16.9. The quantitative estimate of drug-likeness (QED) is 0.276. The minimum absolute atomic E-state index is 0.0148. The lowest BCUT2D eigenvalue weighted by Gasteiger charge is -2.26. The van der Waals surface area contributed by atoms with Crippen LogP contribution < -0.4 is 10.2 Å². The molecule has 0 saturated carbocycles. The topological polar surface area (TPSA) is 61.5 Å². The van der Waals surface area contributed by atoms with E-state index < -0.39 is 11.9 Å². The number of hydrogen-bond acceptors (Lipinski definition) is 4. The van der Waals surface area contributed by atoms with Crippen molar-refractivity contribution in [3.63, 3.8) is 0 Å². The van der Waals surface area contributed by atoms with Crippen molar-refractivity contribution in [2.75, 3.05) is 4.90 Å². The van der Waals surface area contributed by atoms with E-state index in [0.29, 0.717) is 37.4 Å². The number of aromatic nitrogens is 1. The predicted molar refractivity (Wildman–Crippen MR) is 133 cm³/mol. The molecule has 33 heavy (non-hydrogen) atoms. The molecule has 1 saturated heterocycles. The first kappa shape index (κ1) is 21.9. The van der Waals surface area contributed by atoms with Crippen LogP contribution in [-0.2, 0) is 0 Å². The molecular weight excluding hydrogens is 529 g/mol. The number of phenolic OH excluding ortho intramolecular Hbond substituents is 1. The average Bonchev–Trinajstić information content (AvgIpc) is 3.40. The van der Waals surface area contributed by atoms with Crippen molar-refractivity contribution in [3.05, 3.63) is 99.7 Å². The summed E-state index contributed by atoms with van der Waals surface area (Å²) in [4.78, 5) is 6.23. The molecular formula is C24H16BrClFN3O2S. The molecule has 0 bridgehead atoms. The number of nitrogens with one attached hydrogen (secondary N) is 1. The van der Waals surface area contributed by atoms with Gasteiger partial charge in [0, 0.05) is 15.7 Å². The number of hydrogen-bond donors (Lipinski definition) is 2. The SMILES string of the molecule is Oc1ccc(Cl)cc1N1C(=S)N[C@H](c2ccccn2)[C@H]1c1ccc(-c2ccc(Br)cc2F)o1. The molecule has 4 aromatic rings. The van der Waals surface area contributed by atoms with E-state index in [-0.39, 0.29) is 11.8 Å². The van der Waals surface area contributed by atoms with Crippen molar-refractivity contribution in [3.8, 4) is 17.1 Å². The Morgan fingerprint density at radius 3 is 2.73 bits per heavy atom. The lowest BCUT2D eigenvalue weighted by atomic mass is 10.0. The number of pyridine rings is 1. The van der Waals surface area contributed by atoms with Gasteiger partial charge in [-0.3, -0.25) is 4.98 Å². The van der Waals surface area contributed by atoms with Gasteiger partial charge in [0.25, 0.3) is 0 Å². The highest BCUT2D eigenvalue weighted by Gasteiger charge is 2.43. The fourth-order valence-electron chi connectivity index (χ4n) is 3.94. The Morgan fingerprint density at radius 2 is 1.97 bits per heavy atom. The Hall–Kier alpha value is -2.94. The summed E-state index contributed by atoms with van der Waals surface area (Å²) >= 11 is 15.1. The normalized spacial score (nSPS) is 17.9. The minimum Gasteiger partial charge on any atom is -0.506 e. The predicted octanol–water partition coefficient (Wildman–Crippen LogP) is 6.78. The van der Waals surface area contributed by atoms with E-state index in [1.54, 1.807) is 47.5 Å². The third-order valence-corrected chi connectivity index (χ3v) is 6.45. The summed E-state index contributed by atoms with van der Waals surface area (Å²) in [6.07, 6.45) is 1.70. The van der Waals surface area contributed by atoms with Crippen LogP contribution in [0.1, 0.15) is 23.5 Å². The monoisotopic (exact) mass is 543 g/mol. The van der Waals surface area contributed by atoms with E-state index in [4.69, 9.17) is 28.2 Å². The van der Waals surface area contributed by atoms with Gasteiger partial charge in [0.15, 0.2) is 5.11 Å². The van der Waals surface area contributed by atoms with Crippen molar-refractivity contribution in [2.45, 2.75) is 12.1 Å². The van der Waals surface area contributed by atoms with E-state index in [1.807, 2.05) is 18.2 Å². The van der Waals surface area contributed by atoms with Gasteiger partial charge in [-0.15, -0.1) is 0 Å². The van der Waals surface area contributed by atoms with Gasteiger partial charge in [-0.05, 0) is 72.9 Å². The molecule has 0 radical (unpaired) electrons. The van der Waals surface area contributed by atoms with Crippen LogP contribution >= 0.6 is 39.7 Å². The zero-order chi connectivity index (χ0) is 23.1. The molecule has 5 rings (SSSR count). The highest BCUT2D eigenvalue weighted by molar-refractivity contribution is 9.10. The lowest BCUT2D eigenvalue weighted by Crippen LogP contribution is -2.29. The fourth-order valence-corrected chi connectivity index (χ4v) is 4.78. The maximum atomic E-state index is 14.6. The standard InChI is InChI=1S/C24H16BrClFN3O2S/c25-13-4-6-15(16(27)11-13)20-8-9-21(32-20)23-22(17-3-1-2-10-28-17)29-24(33)30(23)18-12-14(26)5-7-19(18)31/h1-12,22-23,31H,(H,29,33)/t22-,23-/m1/s1. The maximum Gasteiger partial charge on any atom is 0.174 e. The van der Waals surface area contributed by atoms with Crippen LogP contribution in [0.15, 0.2) is 81.8 Å². The number of aromatic hydroxyl groups is 1. The molecule has 2 N–H and O–H groups in total. The van der Waals surface area contributed by atoms with Crippen LogP contribution in [0.25, 0.3) is 11.3 Å². The van der Waals surface area contributed by atoms with Crippen LogP contribution in [0.2, 0.25) is 5.02 Å². The van der Waals surface area contributed by atoms with Crippen molar-refractivity contribution in [1.29, 1.82) is 0 Å². The average molecular weight is 545 g/mol. The first-order valence-corrected chi connectivity index (χ1v) is 11.5. The van der Waals surface area contributed by atoms with Crippen molar-refractivity contribution < 1.29 is 13.9 Å². The second-order valence-electron chi connectivity index (χ2n) is 7.46. The molecule has 5 nitrogen and oxygen atoms in total. The van der Waals surface area contributed by atoms with E-state index in [9.17, 15) is 9.50 Å². The van der Waals surface area contributed by atoms with Crippen LogP contribution in [0.4, 0.5) is 10.1 Å². The van der Waals surface area contributed by atoms with Crippen LogP contribution in [-0.4, -0.2) is 15.2 Å². The van der Waals surface area contributed by atoms with Crippen LogP contribution in [0, 0.1) is 5.82 Å². The molecule has 2 aromatic heterocycles. The molecule has 3 heterocycles. The number of phenols is 1. The number of benzene rings is 2.